The zero-order valence-corrected chi connectivity index (χ0v) is 14.8. The molecule has 3 N–H and O–H groups in total. The van der Waals surface area contributed by atoms with Crippen LogP contribution in [0.5, 0.6) is 0 Å². The van der Waals surface area contributed by atoms with Gasteiger partial charge < -0.3 is 19.8 Å². The molecule has 1 aliphatic heterocycles. The topological polar surface area (TPSA) is 105 Å². The van der Waals surface area contributed by atoms with Gasteiger partial charge in [-0.25, -0.2) is 0 Å². The molecule has 3 heterocycles. The third kappa shape index (κ3) is 3.29. The van der Waals surface area contributed by atoms with E-state index in [1.54, 1.807) is 17.2 Å². The minimum Gasteiger partial charge on any atom is -0.464 e. The number of furan rings is 1. The van der Waals surface area contributed by atoms with Crippen LogP contribution in [-0.4, -0.2) is 47.8 Å². The Kier molecular flexibility index (Phi) is 4.60. The van der Waals surface area contributed by atoms with Gasteiger partial charge in [-0.15, -0.1) is 0 Å². The average Bonchev–Trinajstić information content (AvgIpc) is 2.92. The molecule has 1 saturated heterocycles. The molecule has 0 radical (unpaired) electrons. The second kappa shape index (κ2) is 7.20. The molecule has 0 bridgehead atoms. The Bertz CT molecular complexity index is 1000. The maximum absolute atomic E-state index is 12.7. The van der Waals surface area contributed by atoms with Gasteiger partial charge in [-0.2, -0.15) is 0 Å². The number of ether oxygens (including phenoxy) is 1. The van der Waals surface area contributed by atoms with E-state index in [0.717, 1.165) is 11.8 Å². The van der Waals surface area contributed by atoms with Crippen molar-refractivity contribution in [1.82, 2.24) is 9.88 Å². The van der Waals surface area contributed by atoms with Gasteiger partial charge >= 0.3 is 0 Å². The van der Waals surface area contributed by atoms with Crippen molar-refractivity contribution in [3.63, 3.8) is 0 Å². The first-order valence-corrected chi connectivity index (χ1v) is 8.83. The highest BCUT2D eigenvalue weighted by Gasteiger charge is 2.21. The van der Waals surface area contributed by atoms with Crippen LogP contribution in [0, 0.1) is 5.41 Å². The first kappa shape index (κ1) is 17.2. The van der Waals surface area contributed by atoms with Crippen molar-refractivity contribution >= 4 is 28.3 Å². The summed E-state index contributed by atoms with van der Waals surface area (Å²) >= 11 is 0. The fourth-order valence-electron chi connectivity index (χ4n) is 3.22. The second-order valence-electron chi connectivity index (χ2n) is 6.44. The van der Waals surface area contributed by atoms with Gasteiger partial charge in [-0.1, -0.05) is 18.2 Å². The number of nitrogens with one attached hydrogen (secondary N) is 1. The number of hydrogen-bond donors (Lipinski definition) is 2. The Morgan fingerprint density at radius 1 is 1.19 bits per heavy atom. The Hall–Kier alpha value is -3.19. The number of nitrogen functional groups attached to an aromatic ring is 1. The zero-order valence-electron chi connectivity index (χ0n) is 14.8. The molecule has 7 heteroatoms. The Morgan fingerprint density at radius 3 is 2.89 bits per heavy atom. The van der Waals surface area contributed by atoms with E-state index >= 15 is 0 Å². The van der Waals surface area contributed by atoms with Crippen molar-refractivity contribution in [2.45, 2.75) is 6.42 Å². The molecule has 2 aromatic heterocycles. The third-order valence-electron chi connectivity index (χ3n) is 4.68. The first-order chi connectivity index (χ1) is 13.1. The third-order valence-corrected chi connectivity index (χ3v) is 4.68. The predicted octanol–water partition coefficient (Wildman–Crippen LogP) is 2.69. The molecule has 0 aliphatic carbocycles. The first-order valence-electron chi connectivity index (χ1n) is 8.83. The molecule has 0 atom stereocenters. The molecule has 138 valence electrons. The fourth-order valence-corrected chi connectivity index (χ4v) is 3.22. The van der Waals surface area contributed by atoms with Crippen molar-refractivity contribution in [2.75, 3.05) is 32.0 Å². The fraction of sp³-hybridized carbons (Fsp3) is 0.250. The molecular weight excluding hydrogens is 344 g/mol. The van der Waals surface area contributed by atoms with Crippen LogP contribution >= 0.6 is 0 Å². The van der Waals surface area contributed by atoms with E-state index in [0.29, 0.717) is 48.7 Å². The summed E-state index contributed by atoms with van der Waals surface area (Å²) in [5, 5.41) is 9.36. The van der Waals surface area contributed by atoms with Crippen LogP contribution in [0.3, 0.4) is 0 Å². The van der Waals surface area contributed by atoms with Crippen LogP contribution in [0.15, 0.2) is 47.2 Å². The molecule has 1 amide bonds. The van der Waals surface area contributed by atoms with Gasteiger partial charge in [-0.05, 0) is 18.6 Å². The lowest BCUT2D eigenvalue weighted by Crippen LogP contribution is -2.33. The normalized spacial score (nSPS) is 14.9. The van der Waals surface area contributed by atoms with Gasteiger partial charge in [0.05, 0.1) is 12.3 Å². The molecule has 7 nitrogen and oxygen atoms in total. The summed E-state index contributed by atoms with van der Waals surface area (Å²) in [6.45, 7) is 2.36. The van der Waals surface area contributed by atoms with Gasteiger partial charge in [0.25, 0.3) is 5.91 Å². The van der Waals surface area contributed by atoms with Gasteiger partial charge in [0.2, 0.25) is 0 Å². The number of aromatic nitrogens is 1. The van der Waals surface area contributed by atoms with Crippen LogP contribution in [0.2, 0.25) is 0 Å². The summed E-state index contributed by atoms with van der Waals surface area (Å²) in [5.74, 6) is -0.168. The molecule has 4 rings (SSSR count). The average molecular weight is 364 g/mol. The number of para-hydroxylation sites is 1. The molecule has 1 fully saturated rings. The second-order valence-corrected chi connectivity index (χ2v) is 6.44. The summed E-state index contributed by atoms with van der Waals surface area (Å²) < 4.78 is 10.9. The summed E-state index contributed by atoms with van der Waals surface area (Å²) in [6, 6.07) is 9.05. The number of fused-ring (bicyclic) bond motifs is 1. The molecule has 27 heavy (non-hydrogen) atoms. The van der Waals surface area contributed by atoms with Crippen LogP contribution in [-0.2, 0) is 4.74 Å². The van der Waals surface area contributed by atoms with Crippen molar-refractivity contribution in [3.8, 4) is 0 Å². The number of carbonyl (C=O) groups excluding carboxylic acids is 1. The van der Waals surface area contributed by atoms with Crippen molar-refractivity contribution in [3.05, 3.63) is 59.6 Å². The summed E-state index contributed by atoms with van der Waals surface area (Å²) in [5.41, 5.74) is 8.82. The molecule has 0 spiro atoms. The maximum atomic E-state index is 12.7. The number of amides is 1. The van der Waals surface area contributed by atoms with Crippen molar-refractivity contribution < 1.29 is 13.9 Å². The van der Waals surface area contributed by atoms with E-state index in [9.17, 15) is 4.79 Å². The monoisotopic (exact) mass is 364 g/mol. The highest BCUT2D eigenvalue weighted by molar-refractivity contribution is 6.19. The zero-order chi connectivity index (χ0) is 18.8. The van der Waals surface area contributed by atoms with E-state index in [1.165, 1.54) is 6.20 Å². The number of rotatable bonds is 3. The Morgan fingerprint density at radius 2 is 2.04 bits per heavy atom. The largest absolute Gasteiger partial charge is 0.464 e. The summed E-state index contributed by atoms with van der Waals surface area (Å²) in [6.07, 6.45) is 3.83. The SMILES string of the molecule is N=C(c1cnc(C(=O)N2CCCOCC2)cc1N)c1coc2ccccc12. The van der Waals surface area contributed by atoms with Crippen molar-refractivity contribution in [2.24, 2.45) is 0 Å². The van der Waals surface area contributed by atoms with Crippen molar-refractivity contribution in [1.29, 1.82) is 5.41 Å². The maximum Gasteiger partial charge on any atom is 0.272 e. The van der Waals surface area contributed by atoms with Crippen LogP contribution < -0.4 is 5.73 Å². The standard InChI is InChI=1S/C20H20N4O3/c21-16-10-17(20(25)24-6-3-8-26-9-7-24)23-11-14(16)19(22)15-12-27-18-5-2-1-4-13(15)18/h1-2,4-5,10-12,22H,3,6-9H2,(H2,21,23). The predicted molar refractivity (Wildman–Crippen MR) is 102 cm³/mol. The van der Waals surface area contributed by atoms with Gasteiger partial charge in [0, 0.05) is 48.1 Å². The van der Waals surface area contributed by atoms with E-state index in [4.69, 9.17) is 20.3 Å². The number of nitrogens with two attached hydrogens (primary N) is 1. The summed E-state index contributed by atoms with van der Waals surface area (Å²) in [4.78, 5) is 18.7. The van der Waals surface area contributed by atoms with Crippen LogP contribution in [0.1, 0.15) is 28.0 Å². The molecule has 1 aromatic carbocycles. The minimum atomic E-state index is -0.168. The number of anilines is 1. The van der Waals surface area contributed by atoms with Gasteiger partial charge in [0.1, 0.15) is 17.5 Å². The van der Waals surface area contributed by atoms with E-state index in [-0.39, 0.29) is 17.3 Å². The summed E-state index contributed by atoms with van der Waals surface area (Å²) in [7, 11) is 0. The Labute approximate surface area is 156 Å². The van der Waals surface area contributed by atoms with E-state index < -0.39 is 0 Å². The smallest absolute Gasteiger partial charge is 0.272 e. The highest BCUT2D eigenvalue weighted by Crippen LogP contribution is 2.25. The number of pyridine rings is 1. The molecule has 3 aromatic rings. The van der Waals surface area contributed by atoms with E-state index in [1.807, 2.05) is 24.3 Å². The number of carbonyl (C=O) groups is 1. The van der Waals surface area contributed by atoms with Gasteiger partial charge in [-0.3, -0.25) is 15.2 Å². The van der Waals surface area contributed by atoms with Crippen LogP contribution in [0.25, 0.3) is 11.0 Å². The molecular formula is C20H20N4O3. The molecule has 0 saturated carbocycles. The lowest BCUT2D eigenvalue weighted by molar-refractivity contribution is 0.0735. The lowest BCUT2D eigenvalue weighted by atomic mass is 10.0. The molecule has 1 aliphatic rings. The van der Waals surface area contributed by atoms with Gasteiger partial charge in [0.15, 0.2) is 0 Å². The molecule has 0 unspecified atom stereocenters. The lowest BCUT2D eigenvalue weighted by Gasteiger charge is -2.19. The highest BCUT2D eigenvalue weighted by atomic mass is 16.5. The number of benzene rings is 1. The number of hydrogen-bond acceptors (Lipinski definition) is 6. The quantitative estimate of drug-likeness (QED) is 0.695. The van der Waals surface area contributed by atoms with E-state index in [2.05, 4.69) is 4.98 Å². The van der Waals surface area contributed by atoms with Crippen LogP contribution in [0.4, 0.5) is 5.69 Å². The minimum absolute atomic E-state index is 0.168. The Balaban J connectivity index is 1.61. The number of nitrogens with zero attached hydrogens (tertiary/aromatic N) is 2.